The van der Waals surface area contributed by atoms with Gasteiger partial charge in [-0.05, 0) is 38.5 Å². The second-order valence-corrected chi connectivity index (χ2v) is 5.79. The van der Waals surface area contributed by atoms with E-state index in [9.17, 15) is 13.6 Å². The van der Waals surface area contributed by atoms with E-state index in [0.717, 1.165) is 12.1 Å². The van der Waals surface area contributed by atoms with Crippen molar-refractivity contribution in [3.8, 4) is 0 Å². The summed E-state index contributed by atoms with van der Waals surface area (Å²) in [6.07, 6.45) is 0. The zero-order valence-corrected chi connectivity index (χ0v) is 14.2. The summed E-state index contributed by atoms with van der Waals surface area (Å²) in [7, 11) is 3.31. The van der Waals surface area contributed by atoms with Crippen molar-refractivity contribution in [1.29, 1.82) is 0 Å². The Balaban J connectivity index is 2.84. The van der Waals surface area contributed by atoms with Crippen molar-refractivity contribution in [2.45, 2.75) is 32.9 Å². The topological polar surface area (TPSA) is 56.7 Å². The molecule has 128 valence electrons. The van der Waals surface area contributed by atoms with Crippen LogP contribution < -0.4 is 10.6 Å². The molecule has 1 amide bonds. The number of guanidine groups is 1. The zero-order valence-electron chi connectivity index (χ0n) is 14.2. The first kappa shape index (κ1) is 18.9. The van der Waals surface area contributed by atoms with E-state index in [1.807, 2.05) is 13.8 Å². The zero-order chi connectivity index (χ0) is 17.6. The van der Waals surface area contributed by atoms with Crippen LogP contribution in [0.3, 0.4) is 0 Å². The molecule has 1 aromatic rings. The number of aliphatic imine (C=N–C) groups is 1. The van der Waals surface area contributed by atoms with Crippen LogP contribution >= 0.6 is 0 Å². The van der Waals surface area contributed by atoms with Crippen molar-refractivity contribution < 1.29 is 13.6 Å². The minimum atomic E-state index is -0.894. The molecule has 1 rings (SSSR count). The Hall–Kier alpha value is -2.18. The highest BCUT2D eigenvalue weighted by molar-refractivity contribution is 5.85. The van der Waals surface area contributed by atoms with Crippen molar-refractivity contribution in [1.82, 2.24) is 15.5 Å². The SMILES string of the molecule is CC(C)NC(=NCC(=O)N(C)C)NC(C)c1ccc(F)c(F)c1. The van der Waals surface area contributed by atoms with Crippen LogP contribution in [0.15, 0.2) is 23.2 Å². The summed E-state index contributed by atoms with van der Waals surface area (Å²) in [6, 6.07) is 3.54. The van der Waals surface area contributed by atoms with Gasteiger partial charge in [0.25, 0.3) is 0 Å². The van der Waals surface area contributed by atoms with E-state index in [-0.39, 0.29) is 24.5 Å². The number of likely N-dealkylation sites (N-methyl/N-ethyl adjacent to an activating group) is 1. The molecule has 1 unspecified atom stereocenters. The highest BCUT2D eigenvalue weighted by atomic mass is 19.2. The Morgan fingerprint density at radius 1 is 1.17 bits per heavy atom. The van der Waals surface area contributed by atoms with Crippen molar-refractivity contribution in [3.05, 3.63) is 35.4 Å². The summed E-state index contributed by atoms with van der Waals surface area (Å²) in [5, 5.41) is 6.19. The van der Waals surface area contributed by atoms with Gasteiger partial charge < -0.3 is 15.5 Å². The van der Waals surface area contributed by atoms with Gasteiger partial charge >= 0.3 is 0 Å². The lowest BCUT2D eigenvalue weighted by atomic mass is 10.1. The van der Waals surface area contributed by atoms with E-state index in [1.54, 1.807) is 21.0 Å². The van der Waals surface area contributed by atoms with Crippen molar-refractivity contribution in [3.63, 3.8) is 0 Å². The first-order valence-corrected chi connectivity index (χ1v) is 7.43. The number of nitrogens with one attached hydrogen (secondary N) is 2. The molecule has 0 saturated heterocycles. The smallest absolute Gasteiger partial charge is 0.243 e. The molecule has 0 spiro atoms. The second kappa shape index (κ2) is 8.45. The molecule has 5 nitrogen and oxygen atoms in total. The predicted molar refractivity (Wildman–Crippen MR) is 87.2 cm³/mol. The fourth-order valence-electron chi connectivity index (χ4n) is 1.76. The summed E-state index contributed by atoms with van der Waals surface area (Å²) >= 11 is 0. The van der Waals surface area contributed by atoms with Gasteiger partial charge in [-0.1, -0.05) is 6.07 Å². The molecule has 0 aliphatic rings. The molecular weight excluding hydrogens is 302 g/mol. The first-order valence-electron chi connectivity index (χ1n) is 7.43. The van der Waals surface area contributed by atoms with E-state index in [0.29, 0.717) is 11.5 Å². The largest absolute Gasteiger partial charge is 0.354 e. The monoisotopic (exact) mass is 326 g/mol. The van der Waals surface area contributed by atoms with Crippen LogP contribution in [0.4, 0.5) is 8.78 Å². The number of amides is 1. The molecule has 7 heteroatoms. The average molecular weight is 326 g/mol. The third kappa shape index (κ3) is 6.22. The van der Waals surface area contributed by atoms with Crippen LogP contribution in [0, 0.1) is 11.6 Å². The lowest BCUT2D eigenvalue weighted by Gasteiger charge is -2.20. The summed E-state index contributed by atoms with van der Waals surface area (Å²) in [6.45, 7) is 5.68. The number of rotatable bonds is 5. The van der Waals surface area contributed by atoms with Crippen LogP contribution in [0.1, 0.15) is 32.4 Å². The third-order valence-corrected chi connectivity index (χ3v) is 3.09. The molecule has 0 saturated carbocycles. The molecular formula is C16H24F2N4O. The fraction of sp³-hybridized carbons (Fsp3) is 0.500. The maximum absolute atomic E-state index is 13.3. The number of benzene rings is 1. The van der Waals surface area contributed by atoms with Crippen LogP contribution in [-0.2, 0) is 4.79 Å². The lowest BCUT2D eigenvalue weighted by Crippen LogP contribution is -2.43. The number of carbonyl (C=O) groups is 1. The van der Waals surface area contributed by atoms with E-state index >= 15 is 0 Å². The molecule has 0 fully saturated rings. The van der Waals surface area contributed by atoms with Gasteiger partial charge in [0.15, 0.2) is 17.6 Å². The maximum Gasteiger partial charge on any atom is 0.243 e. The number of carbonyl (C=O) groups excluding carboxylic acids is 1. The minimum absolute atomic E-state index is 0.000444. The van der Waals surface area contributed by atoms with Gasteiger partial charge in [-0.25, -0.2) is 13.8 Å². The molecule has 1 atom stereocenters. The second-order valence-electron chi connectivity index (χ2n) is 5.79. The van der Waals surface area contributed by atoms with E-state index in [4.69, 9.17) is 0 Å². The van der Waals surface area contributed by atoms with Crippen LogP contribution in [0.2, 0.25) is 0 Å². The van der Waals surface area contributed by atoms with Gasteiger partial charge in [-0.3, -0.25) is 4.79 Å². The Bertz CT molecular complexity index is 573. The minimum Gasteiger partial charge on any atom is -0.354 e. The molecule has 1 aromatic carbocycles. The Kier molecular flexibility index (Phi) is 6.93. The first-order chi connectivity index (χ1) is 10.7. The fourth-order valence-corrected chi connectivity index (χ4v) is 1.76. The summed E-state index contributed by atoms with van der Waals surface area (Å²) in [4.78, 5) is 17.3. The van der Waals surface area contributed by atoms with E-state index < -0.39 is 11.6 Å². The molecule has 0 radical (unpaired) electrons. The summed E-state index contributed by atoms with van der Waals surface area (Å²) < 4.78 is 26.3. The standard InChI is InChI=1S/C16H24F2N4O/c1-10(2)20-16(19-9-15(23)22(4)5)21-11(3)12-6-7-13(17)14(18)8-12/h6-8,10-11H,9H2,1-5H3,(H2,19,20,21). The molecule has 0 bridgehead atoms. The highest BCUT2D eigenvalue weighted by Gasteiger charge is 2.12. The molecule has 0 heterocycles. The van der Waals surface area contributed by atoms with Gasteiger partial charge in [0, 0.05) is 20.1 Å². The van der Waals surface area contributed by atoms with Crippen LogP contribution in [0.25, 0.3) is 0 Å². The maximum atomic E-state index is 13.3. The number of nitrogens with zero attached hydrogens (tertiary/aromatic N) is 2. The van der Waals surface area contributed by atoms with Gasteiger partial charge in [0.2, 0.25) is 5.91 Å². The van der Waals surface area contributed by atoms with Crippen LogP contribution in [-0.4, -0.2) is 43.4 Å². The Morgan fingerprint density at radius 3 is 2.35 bits per heavy atom. The van der Waals surface area contributed by atoms with Gasteiger partial charge in [-0.2, -0.15) is 0 Å². The van der Waals surface area contributed by atoms with E-state index in [1.165, 1.54) is 11.0 Å². The van der Waals surface area contributed by atoms with Gasteiger partial charge in [0.1, 0.15) is 6.54 Å². The van der Waals surface area contributed by atoms with Crippen molar-refractivity contribution in [2.75, 3.05) is 20.6 Å². The van der Waals surface area contributed by atoms with Gasteiger partial charge in [-0.15, -0.1) is 0 Å². The molecule has 2 N–H and O–H groups in total. The molecule has 23 heavy (non-hydrogen) atoms. The Morgan fingerprint density at radius 2 is 1.83 bits per heavy atom. The quantitative estimate of drug-likeness (QED) is 0.643. The predicted octanol–water partition coefficient (Wildman–Crippen LogP) is 2.06. The van der Waals surface area contributed by atoms with Gasteiger partial charge in [0.05, 0.1) is 6.04 Å². The molecule has 0 aromatic heterocycles. The number of hydrogen-bond donors (Lipinski definition) is 2. The summed E-state index contributed by atoms with van der Waals surface area (Å²) in [5.74, 6) is -1.47. The highest BCUT2D eigenvalue weighted by Crippen LogP contribution is 2.15. The van der Waals surface area contributed by atoms with Crippen molar-refractivity contribution in [2.24, 2.45) is 4.99 Å². The van der Waals surface area contributed by atoms with E-state index in [2.05, 4.69) is 15.6 Å². The average Bonchev–Trinajstić information content (AvgIpc) is 2.46. The molecule has 0 aliphatic heterocycles. The van der Waals surface area contributed by atoms with Crippen molar-refractivity contribution >= 4 is 11.9 Å². The third-order valence-electron chi connectivity index (χ3n) is 3.09. The lowest BCUT2D eigenvalue weighted by molar-refractivity contribution is -0.127. The molecule has 0 aliphatic carbocycles. The van der Waals surface area contributed by atoms with Crippen LogP contribution in [0.5, 0.6) is 0 Å². The number of halogens is 2. The normalized spacial score (nSPS) is 13.0. The number of hydrogen-bond acceptors (Lipinski definition) is 2. The summed E-state index contributed by atoms with van der Waals surface area (Å²) in [5.41, 5.74) is 0.584. The Labute approximate surface area is 135 Å².